The summed E-state index contributed by atoms with van der Waals surface area (Å²) in [6.07, 6.45) is -3.65. The van der Waals surface area contributed by atoms with Gasteiger partial charge in [0.2, 0.25) is 11.8 Å². The van der Waals surface area contributed by atoms with E-state index < -0.39 is 23.7 Å². The predicted molar refractivity (Wildman–Crippen MR) is 59.9 cm³/mol. The van der Waals surface area contributed by atoms with E-state index in [0.717, 1.165) is 18.3 Å². The van der Waals surface area contributed by atoms with Crippen LogP contribution < -0.4 is 16.4 Å². The van der Waals surface area contributed by atoms with E-state index in [2.05, 4.69) is 15.6 Å². The molecule has 1 aromatic heterocycles. The molecule has 0 radical (unpaired) electrons. The highest BCUT2D eigenvalue weighted by atomic mass is 19.4. The van der Waals surface area contributed by atoms with Crippen molar-refractivity contribution in [2.24, 2.45) is 5.73 Å². The van der Waals surface area contributed by atoms with Gasteiger partial charge in [-0.2, -0.15) is 13.2 Å². The van der Waals surface area contributed by atoms with Crippen LogP contribution in [0.1, 0.15) is 5.69 Å². The van der Waals surface area contributed by atoms with Gasteiger partial charge in [-0.1, -0.05) is 0 Å². The highest BCUT2D eigenvalue weighted by Crippen LogP contribution is 2.27. The lowest BCUT2D eigenvalue weighted by molar-refractivity contribution is -0.141. The Kier molecular flexibility index (Phi) is 4.81. The molecule has 0 atom stereocenters. The number of nitrogens with zero attached hydrogens (tertiary/aromatic N) is 1. The third-order valence-electron chi connectivity index (χ3n) is 1.97. The summed E-state index contributed by atoms with van der Waals surface area (Å²) in [6, 6.07) is 1.81. The molecule has 0 aliphatic carbocycles. The number of nitrogens with two attached hydrogens (primary N) is 1. The molecule has 0 saturated carbocycles. The number of alkyl halides is 3. The molecule has 19 heavy (non-hydrogen) atoms. The first-order valence-electron chi connectivity index (χ1n) is 5.13. The number of nitrogens with one attached hydrogen (secondary N) is 2. The van der Waals surface area contributed by atoms with Gasteiger partial charge < -0.3 is 16.4 Å². The zero-order valence-electron chi connectivity index (χ0n) is 9.62. The van der Waals surface area contributed by atoms with Crippen molar-refractivity contribution in [1.29, 1.82) is 0 Å². The van der Waals surface area contributed by atoms with Crippen molar-refractivity contribution < 1.29 is 22.8 Å². The molecule has 1 heterocycles. The highest BCUT2D eigenvalue weighted by Gasteiger charge is 2.32. The van der Waals surface area contributed by atoms with Gasteiger partial charge in [0.15, 0.2) is 0 Å². The van der Waals surface area contributed by atoms with E-state index in [1.54, 1.807) is 0 Å². The quantitative estimate of drug-likeness (QED) is 0.727. The van der Waals surface area contributed by atoms with Crippen LogP contribution in [0.4, 0.5) is 18.9 Å². The van der Waals surface area contributed by atoms with Crippen LogP contribution in [0.5, 0.6) is 0 Å². The van der Waals surface area contributed by atoms with E-state index in [1.165, 1.54) is 0 Å². The van der Waals surface area contributed by atoms with Crippen LogP contribution in [0.3, 0.4) is 0 Å². The molecule has 6 nitrogen and oxygen atoms in total. The van der Waals surface area contributed by atoms with E-state index in [-0.39, 0.29) is 18.8 Å². The Balaban J connectivity index is 2.54. The fraction of sp³-hybridized carbons (Fsp3) is 0.300. The monoisotopic (exact) mass is 276 g/mol. The van der Waals surface area contributed by atoms with Gasteiger partial charge in [-0.05, 0) is 12.1 Å². The molecule has 0 saturated heterocycles. The number of anilines is 1. The van der Waals surface area contributed by atoms with Crippen LogP contribution in [0, 0.1) is 0 Å². The second-order valence-corrected chi connectivity index (χ2v) is 3.46. The molecule has 1 aromatic rings. The van der Waals surface area contributed by atoms with E-state index in [9.17, 15) is 22.8 Å². The third kappa shape index (κ3) is 4.92. The third-order valence-corrected chi connectivity index (χ3v) is 1.97. The summed E-state index contributed by atoms with van der Waals surface area (Å²) < 4.78 is 36.7. The van der Waals surface area contributed by atoms with Crippen molar-refractivity contribution in [3.8, 4) is 0 Å². The molecule has 0 aromatic carbocycles. The normalized spacial score (nSPS) is 10.9. The fourth-order valence-electron chi connectivity index (χ4n) is 1.09. The summed E-state index contributed by atoms with van der Waals surface area (Å²) in [5.74, 6) is -1.11. The Labute approximate surface area is 106 Å². The smallest absolute Gasteiger partial charge is 0.346 e. The summed E-state index contributed by atoms with van der Waals surface area (Å²) in [5.41, 5.74) is 4.05. The maximum absolute atomic E-state index is 12.2. The zero-order valence-corrected chi connectivity index (χ0v) is 9.62. The number of hydrogen-bond donors (Lipinski definition) is 3. The Bertz CT molecular complexity index is 459. The Morgan fingerprint density at radius 2 is 1.95 bits per heavy atom. The fourth-order valence-corrected chi connectivity index (χ4v) is 1.09. The number of aromatic nitrogens is 1. The van der Waals surface area contributed by atoms with Crippen LogP contribution in [0.2, 0.25) is 0 Å². The van der Waals surface area contributed by atoms with Crippen molar-refractivity contribution in [3.63, 3.8) is 0 Å². The molecule has 0 fully saturated rings. The minimum atomic E-state index is -4.53. The maximum atomic E-state index is 12.2. The van der Waals surface area contributed by atoms with Crippen LogP contribution in [0.15, 0.2) is 18.3 Å². The summed E-state index contributed by atoms with van der Waals surface area (Å²) in [6.45, 7) is -0.577. The van der Waals surface area contributed by atoms with Gasteiger partial charge in [0.05, 0.1) is 25.0 Å². The highest BCUT2D eigenvalue weighted by molar-refractivity contribution is 5.94. The maximum Gasteiger partial charge on any atom is 0.433 e. The van der Waals surface area contributed by atoms with Crippen LogP contribution in [-0.2, 0) is 15.8 Å². The van der Waals surface area contributed by atoms with Crippen molar-refractivity contribution in [2.75, 3.05) is 18.4 Å². The molecule has 0 spiro atoms. The molecule has 2 amide bonds. The minimum Gasteiger partial charge on any atom is -0.346 e. The molecular weight excluding hydrogens is 265 g/mol. The number of rotatable bonds is 4. The lowest BCUT2D eigenvalue weighted by Crippen LogP contribution is -2.36. The summed E-state index contributed by atoms with van der Waals surface area (Å²) in [5, 5.41) is 4.49. The number of carbonyl (C=O) groups excluding carboxylic acids is 2. The summed E-state index contributed by atoms with van der Waals surface area (Å²) >= 11 is 0. The SMILES string of the molecule is NCC(=O)NCC(=O)Nc1ccc(C(F)(F)F)nc1. The molecule has 0 aliphatic rings. The van der Waals surface area contributed by atoms with Crippen LogP contribution >= 0.6 is 0 Å². The molecule has 0 bridgehead atoms. The molecule has 1 rings (SSSR count). The average Bonchev–Trinajstić information content (AvgIpc) is 2.35. The number of amides is 2. The first-order valence-corrected chi connectivity index (χ1v) is 5.13. The van der Waals surface area contributed by atoms with Crippen molar-refractivity contribution >= 4 is 17.5 Å². The van der Waals surface area contributed by atoms with Crippen LogP contribution in [-0.4, -0.2) is 29.9 Å². The predicted octanol–water partition coefficient (Wildman–Crippen LogP) is 0.114. The second kappa shape index (κ2) is 6.14. The first kappa shape index (κ1) is 14.9. The average molecular weight is 276 g/mol. The Morgan fingerprint density at radius 1 is 1.26 bits per heavy atom. The van der Waals surface area contributed by atoms with Gasteiger partial charge in [-0.3, -0.25) is 9.59 Å². The molecule has 104 valence electrons. The standard InChI is InChI=1S/C10H11F3N4O2/c11-10(12,13)7-2-1-6(4-15-7)17-9(19)5-16-8(18)3-14/h1-2,4H,3,5,14H2,(H,16,18)(H,17,19). The summed E-state index contributed by atoms with van der Waals surface area (Å²) in [7, 11) is 0. The summed E-state index contributed by atoms with van der Waals surface area (Å²) in [4.78, 5) is 25.2. The molecular formula is C10H11F3N4O2. The lowest BCUT2D eigenvalue weighted by atomic mass is 10.3. The number of halogens is 3. The second-order valence-electron chi connectivity index (χ2n) is 3.46. The van der Waals surface area contributed by atoms with Gasteiger partial charge in [-0.25, -0.2) is 4.98 Å². The van der Waals surface area contributed by atoms with Gasteiger partial charge >= 0.3 is 6.18 Å². The van der Waals surface area contributed by atoms with E-state index in [0.29, 0.717) is 0 Å². The van der Waals surface area contributed by atoms with Crippen molar-refractivity contribution in [1.82, 2.24) is 10.3 Å². The van der Waals surface area contributed by atoms with Gasteiger partial charge in [0.1, 0.15) is 5.69 Å². The van der Waals surface area contributed by atoms with Gasteiger partial charge in [-0.15, -0.1) is 0 Å². The zero-order chi connectivity index (χ0) is 14.5. The van der Waals surface area contributed by atoms with Crippen molar-refractivity contribution in [3.05, 3.63) is 24.0 Å². The Hall–Kier alpha value is -2.16. The first-order chi connectivity index (χ1) is 8.82. The van der Waals surface area contributed by atoms with E-state index >= 15 is 0 Å². The largest absolute Gasteiger partial charge is 0.433 e. The molecule has 9 heteroatoms. The number of carbonyl (C=O) groups is 2. The van der Waals surface area contributed by atoms with Crippen molar-refractivity contribution in [2.45, 2.75) is 6.18 Å². The topological polar surface area (TPSA) is 97.1 Å². The van der Waals surface area contributed by atoms with Gasteiger partial charge in [0, 0.05) is 0 Å². The molecule has 4 N–H and O–H groups in total. The van der Waals surface area contributed by atoms with E-state index in [1.807, 2.05) is 0 Å². The lowest BCUT2D eigenvalue weighted by Gasteiger charge is -2.08. The van der Waals surface area contributed by atoms with E-state index in [4.69, 9.17) is 5.73 Å². The molecule has 0 unspecified atom stereocenters. The minimum absolute atomic E-state index is 0.0972. The van der Waals surface area contributed by atoms with Gasteiger partial charge in [0.25, 0.3) is 0 Å². The van der Waals surface area contributed by atoms with Crippen LogP contribution in [0.25, 0.3) is 0 Å². The molecule has 0 aliphatic heterocycles. The Morgan fingerprint density at radius 3 is 2.42 bits per heavy atom. The number of pyridine rings is 1. The number of hydrogen-bond acceptors (Lipinski definition) is 4.